The lowest BCUT2D eigenvalue weighted by Gasteiger charge is -2.12. The molecule has 1 heterocycles. The van der Waals surface area contributed by atoms with Gasteiger partial charge in [0.15, 0.2) is 0 Å². The van der Waals surface area contributed by atoms with E-state index >= 15 is 0 Å². The Morgan fingerprint density at radius 1 is 1.29 bits per heavy atom. The second-order valence-corrected chi connectivity index (χ2v) is 6.44. The van der Waals surface area contributed by atoms with Crippen molar-refractivity contribution in [1.29, 1.82) is 5.26 Å². The first-order valence-electron chi connectivity index (χ1n) is 6.89. The summed E-state index contributed by atoms with van der Waals surface area (Å²) in [5.74, 6) is 1.58. The quantitative estimate of drug-likeness (QED) is 0.869. The van der Waals surface area contributed by atoms with Crippen molar-refractivity contribution in [2.24, 2.45) is 5.92 Å². The van der Waals surface area contributed by atoms with Crippen molar-refractivity contribution in [1.82, 2.24) is 4.98 Å². The molecule has 0 amide bonds. The first kappa shape index (κ1) is 15.4. The van der Waals surface area contributed by atoms with Gasteiger partial charge in [0, 0.05) is 21.9 Å². The van der Waals surface area contributed by atoms with E-state index in [4.69, 9.17) is 0 Å². The molecule has 0 bridgehead atoms. The number of hydrogen-bond donors (Lipinski definition) is 1. The lowest BCUT2D eigenvalue weighted by atomic mass is 10.0. The third kappa shape index (κ3) is 3.56. The number of nitrogens with zero attached hydrogens (tertiary/aromatic N) is 1. The van der Waals surface area contributed by atoms with Crippen LogP contribution >= 0.6 is 11.8 Å². The minimum Gasteiger partial charge on any atom is -0.325 e. The number of rotatable bonds is 4. The molecule has 0 fully saturated rings. The van der Waals surface area contributed by atoms with Crippen LogP contribution in [0.1, 0.15) is 25.1 Å². The summed E-state index contributed by atoms with van der Waals surface area (Å²) in [6.07, 6.45) is 0. The Hall–Kier alpha value is -1.99. The Bertz CT molecular complexity index is 741. The molecular formula is C17H18N2OS. The molecule has 108 valence electrons. The summed E-state index contributed by atoms with van der Waals surface area (Å²) in [7, 11) is 0. The van der Waals surface area contributed by atoms with Crippen LogP contribution in [0.4, 0.5) is 0 Å². The Labute approximate surface area is 129 Å². The fraction of sp³-hybridized carbons (Fsp3) is 0.294. The van der Waals surface area contributed by atoms with Crippen LogP contribution in [0.3, 0.4) is 0 Å². The molecule has 21 heavy (non-hydrogen) atoms. The van der Waals surface area contributed by atoms with Gasteiger partial charge in [0.05, 0.1) is 0 Å². The number of benzene rings is 1. The molecule has 3 nitrogen and oxygen atoms in total. The van der Waals surface area contributed by atoms with Crippen LogP contribution in [0, 0.1) is 24.2 Å². The molecule has 4 heteroatoms. The van der Waals surface area contributed by atoms with Gasteiger partial charge in [0.2, 0.25) is 0 Å². The summed E-state index contributed by atoms with van der Waals surface area (Å²) in [5.41, 5.74) is 2.28. The minimum atomic E-state index is -0.323. The third-order valence-corrected chi connectivity index (χ3v) is 4.53. The van der Waals surface area contributed by atoms with Gasteiger partial charge in [-0.3, -0.25) is 4.79 Å². The van der Waals surface area contributed by atoms with Crippen LogP contribution < -0.4 is 5.56 Å². The van der Waals surface area contributed by atoms with E-state index in [9.17, 15) is 10.1 Å². The number of pyridine rings is 1. The molecule has 2 rings (SSSR count). The molecule has 2 aromatic rings. The molecule has 0 radical (unpaired) electrons. The number of nitriles is 1. The maximum Gasteiger partial charge on any atom is 0.266 e. The van der Waals surface area contributed by atoms with Crippen molar-refractivity contribution >= 4 is 11.8 Å². The predicted molar refractivity (Wildman–Crippen MR) is 87.5 cm³/mol. The first-order valence-corrected chi connectivity index (χ1v) is 7.87. The number of aromatic amines is 1. The van der Waals surface area contributed by atoms with E-state index in [2.05, 4.69) is 18.8 Å². The van der Waals surface area contributed by atoms with Gasteiger partial charge in [-0.2, -0.15) is 5.26 Å². The van der Waals surface area contributed by atoms with Crippen LogP contribution in [0.5, 0.6) is 0 Å². The highest BCUT2D eigenvalue weighted by Gasteiger charge is 2.13. The van der Waals surface area contributed by atoms with Crippen LogP contribution in [0.15, 0.2) is 40.0 Å². The second kappa shape index (κ2) is 6.64. The first-order chi connectivity index (χ1) is 10.0. The van der Waals surface area contributed by atoms with E-state index in [-0.39, 0.29) is 11.1 Å². The number of aromatic nitrogens is 1. The normalized spacial score (nSPS) is 10.6. The summed E-state index contributed by atoms with van der Waals surface area (Å²) in [6, 6.07) is 11.8. The highest BCUT2D eigenvalue weighted by Crippen LogP contribution is 2.33. The molecule has 0 unspecified atom stereocenters. The van der Waals surface area contributed by atoms with Gasteiger partial charge in [0.1, 0.15) is 11.6 Å². The molecule has 0 atom stereocenters. The predicted octanol–water partition coefficient (Wildman–Crippen LogP) is 3.97. The molecule has 0 aliphatic carbocycles. The van der Waals surface area contributed by atoms with Gasteiger partial charge < -0.3 is 4.98 Å². The molecule has 1 aromatic heterocycles. The molecule has 0 saturated carbocycles. The van der Waals surface area contributed by atoms with Gasteiger partial charge in [-0.1, -0.05) is 32.0 Å². The molecule has 0 aliphatic rings. The number of aryl methyl sites for hydroxylation is 1. The zero-order chi connectivity index (χ0) is 15.4. The topological polar surface area (TPSA) is 56.6 Å². The van der Waals surface area contributed by atoms with E-state index in [0.717, 1.165) is 21.9 Å². The SMILES string of the molecule is Cc1cc(-c2ccccc2SCC(C)C)c(C#N)c(=O)[nH]1. The number of thioether (sulfide) groups is 1. The third-order valence-electron chi connectivity index (χ3n) is 3.03. The van der Waals surface area contributed by atoms with Crippen molar-refractivity contribution < 1.29 is 0 Å². The summed E-state index contributed by atoms with van der Waals surface area (Å²) in [5, 5.41) is 9.28. The zero-order valence-electron chi connectivity index (χ0n) is 12.4. The molecular weight excluding hydrogens is 280 g/mol. The highest BCUT2D eigenvalue weighted by molar-refractivity contribution is 7.99. The summed E-state index contributed by atoms with van der Waals surface area (Å²) < 4.78 is 0. The lowest BCUT2D eigenvalue weighted by Crippen LogP contribution is -2.12. The summed E-state index contributed by atoms with van der Waals surface area (Å²) in [4.78, 5) is 15.7. The molecule has 0 spiro atoms. The van der Waals surface area contributed by atoms with Crippen molar-refractivity contribution in [3.63, 3.8) is 0 Å². The summed E-state index contributed by atoms with van der Waals surface area (Å²) >= 11 is 1.76. The van der Waals surface area contributed by atoms with Crippen LogP contribution in [-0.4, -0.2) is 10.7 Å². The average Bonchev–Trinajstić information content (AvgIpc) is 2.44. The maximum absolute atomic E-state index is 12.0. The average molecular weight is 298 g/mol. The van der Waals surface area contributed by atoms with Gasteiger partial charge in [-0.15, -0.1) is 11.8 Å². The molecule has 1 N–H and O–H groups in total. The van der Waals surface area contributed by atoms with Crippen LogP contribution in [0.25, 0.3) is 11.1 Å². The smallest absolute Gasteiger partial charge is 0.266 e. The Kier molecular flexibility index (Phi) is 4.87. The number of nitrogens with one attached hydrogen (secondary N) is 1. The van der Waals surface area contributed by atoms with E-state index in [0.29, 0.717) is 11.5 Å². The fourth-order valence-electron chi connectivity index (χ4n) is 2.08. The standard InChI is InChI=1S/C17H18N2OS/c1-11(2)10-21-16-7-5-4-6-13(16)14-8-12(3)19-17(20)15(14)9-18/h4-8,11H,10H2,1-3H3,(H,19,20). The van der Waals surface area contributed by atoms with Gasteiger partial charge in [0.25, 0.3) is 5.56 Å². The fourth-order valence-corrected chi connectivity index (χ4v) is 3.10. The monoisotopic (exact) mass is 298 g/mol. The van der Waals surface area contributed by atoms with Crippen LogP contribution in [0.2, 0.25) is 0 Å². The van der Waals surface area contributed by atoms with Crippen molar-refractivity contribution in [2.75, 3.05) is 5.75 Å². The Balaban J connectivity index is 2.58. The van der Waals surface area contributed by atoms with Gasteiger partial charge in [-0.25, -0.2) is 0 Å². The maximum atomic E-state index is 12.0. The second-order valence-electron chi connectivity index (χ2n) is 5.38. The van der Waals surface area contributed by atoms with E-state index < -0.39 is 0 Å². The highest BCUT2D eigenvalue weighted by atomic mass is 32.2. The van der Waals surface area contributed by atoms with Crippen molar-refractivity contribution in [3.8, 4) is 17.2 Å². The van der Waals surface area contributed by atoms with Crippen molar-refractivity contribution in [2.45, 2.75) is 25.7 Å². The number of H-pyrrole nitrogens is 1. The molecule has 1 aromatic carbocycles. The Morgan fingerprint density at radius 2 is 2.00 bits per heavy atom. The Morgan fingerprint density at radius 3 is 2.67 bits per heavy atom. The molecule has 0 saturated heterocycles. The van der Waals surface area contributed by atoms with E-state index in [1.54, 1.807) is 11.8 Å². The minimum absolute atomic E-state index is 0.179. The van der Waals surface area contributed by atoms with E-state index in [1.807, 2.05) is 43.3 Å². The van der Waals surface area contributed by atoms with Crippen LogP contribution in [-0.2, 0) is 0 Å². The van der Waals surface area contributed by atoms with E-state index in [1.165, 1.54) is 0 Å². The molecule has 0 aliphatic heterocycles. The zero-order valence-corrected chi connectivity index (χ0v) is 13.3. The summed E-state index contributed by atoms with van der Waals surface area (Å²) in [6.45, 7) is 6.18. The largest absolute Gasteiger partial charge is 0.325 e. The van der Waals surface area contributed by atoms with Gasteiger partial charge >= 0.3 is 0 Å². The van der Waals surface area contributed by atoms with Gasteiger partial charge in [-0.05, 0) is 30.5 Å². The number of hydrogen-bond acceptors (Lipinski definition) is 3. The van der Waals surface area contributed by atoms with Crippen molar-refractivity contribution in [3.05, 3.63) is 51.9 Å². The lowest BCUT2D eigenvalue weighted by molar-refractivity contribution is 0.750.